The highest BCUT2D eigenvalue weighted by Crippen LogP contribution is 2.21. The van der Waals surface area contributed by atoms with Crippen molar-refractivity contribution in [3.8, 4) is 0 Å². The van der Waals surface area contributed by atoms with Gasteiger partial charge in [0.1, 0.15) is 11.5 Å². The highest BCUT2D eigenvalue weighted by molar-refractivity contribution is 9.10. The quantitative estimate of drug-likeness (QED) is 0.795. The topological polar surface area (TPSA) is 30.0 Å². The molecule has 5 heteroatoms. The monoisotopic (exact) mass is 327 g/mol. The van der Waals surface area contributed by atoms with E-state index in [2.05, 4.69) is 20.9 Å². The minimum Gasteiger partial charge on any atom is -0.292 e. The Morgan fingerprint density at radius 1 is 1.39 bits per heavy atom. The van der Waals surface area contributed by atoms with Crippen molar-refractivity contribution in [2.24, 2.45) is 0 Å². The Kier molecular flexibility index (Phi) is 4.09. The summed E-state index contributed by atoms with van der Waals surface area (Å²) < 4.78 is 13.8. The first-order valence-corrected chi connectivity index (χ1v) is 6.32. The first-order valence-electron chi connectivity index (χ1n) is 5.15. The summed E-state index contributed by atoms with van der Waals surface area (Å²) in [6.07, 6.45) is 1.55. The number of halogens is 3. The summed E-state index contributed by atoms with van der Waals surface area (Å²) in [5, 5.41) is 0.301. The van der Waals surface area contributed by atoms with Crippen LogP contribution in [0.25, 0.3) is 0 Å². The van der Waals surface area contributed by atoms with Crippen LogP contribution in [0.2, 0.25) is 5.02 Å². The Hall–Kier alpha value is -1.26. The van der Waals surface area contributed by atoms with Gasteiger partial charge in [-0.15, -0.1) is 0 Å². The van der Waals surface area contributed by atoms with E-state index in [0.29, 0.717) is 15.1 Å². The molecule has 2 aromatic rings. The van der Waals surface area contributed by atoms with Gasteiger partial charge >= 0.3 is 0 Å². The third kappa shape index (κ3) is 2.94. The van der Waals surface area contributed by atoms with Gasteiger partial charge in [-0.2, -0.15) is 0 Å². The second kappa shape index (κ2) is 5.59. The number of hydrogen-bond donors (Lipinski definition) is 0. The highest BCUT2D eigenvalue weighted by Gasteiger charge is 2.14. The highest BCUT2D eigenvalue weighted by atomic mass is 79.9. The number of pyridine rings is 1. The van der Waals surface area contributed by atoms with E-state index < -0.39 is 0 Å². The molecule has 1 heterocycles. The van der Waals surface area contributed by atoms with Gasteiger partial charge in [0.2, 0.25) is 0 Å². The molecular formula is C13H8BrClFNO. The molecule has 0 N–H and O–H groups in total. The summed E-state index contributed by atoms with van der Waals surface area (Å²) >= 11 is 9.16. The van der Waals surface area contributed by atoms with E-state index in [1.807, 2.05) is 0 Å². The summed E-state index contributed by atoms with van der Waals surface area (Å²) in [5.74, 6) is -0.625. The van der Waals surface area contributed by atoms with Crippen LogP contribution in [0.3, 0.4) is 0 Å². The van der Waals surface area contributed by atoms with E-state index in [1.54, 1.807) is 18.2 Å². The normalized spacial score (nSPS) is 10.4. The number of Topliss-reactive ketones (excluding diaryl/α,β-unsaturated/α-hetero) is 1. The SMILES string of the molecule is O=C(Cc1cc(F)ccc1Br)c1ncccc1Cl. The van der Waals surface area contributed by atoms with Crippen LogP contribution in [0.15, 0.2) is 41.0 Å². The molecule has 0 fully saturated rings. The lowest BCUT2D eigenvalue weighted by molar-refractivity contribution is 0.0988. The number of aromatic nitrogens is 1. The molecule has 0 aliphatic rings. The van der Waals surface area contributed by atoms with Gasteiger partial charge in [0, 0.05) is 17.1 Å². The Bertz CT molecular complexity index is 603. The molecule has 0 unspecified atom stereocenters. The molecule has 2 nitrogen and oxygen atoms in total. The third-order valence-corrected chi connectivity index (χ3v) is 3.46. The van der Waals surface area contributed by atoms with Gasteiger partial charge in [0.05, 0.1) is 5.02 Å². The smallest absolute Gasteiger partial charge is 0.187 e. The lowest BCUT2D eigenvalue weighted by atomic mass is 10.1. The second-order valence-electron chi connectivity index (χ2n) is 3.67. The molecular weight excluding hydrogens is 321 g/mol. The van der Waals surface area contributed by atoms with Crippen molar-refractivity contribution in [2.75, 3.05) is 0 Å². The van der Waals surface area contributed by atoms with Crippen LogP contribution in [0.4, 0.5) is 4.39 Å². The lowest BCUT2D eigenvalue weighted by Gasteiger charge is -2.05. The molecule has 0 bridgehead atoms. The van der Waals surface area contributed by atoms with Gasteiger partial charge in [-0.05, 0) is 35.9 Å². The average molecular weight is 329 g/mol. The van der Waals surface area contributed by atoms with Crippen molar-refractivity contribution in [1.29, 1.82) is 0 Å². The van der Waals surface area contributed by atoms with Crippen LogP contribution < -0.4 is 0 Å². The van der Waals surface area contributed by atoms with Crippen molar-refractivity contribution in [3.05, 3.63) is 63.1 Å². The van der Waals surface area contributed by atoms with Gasteiger partial charge in [0.15, 0.2) is 5.78 Å². The van der Waals surface area contributed by atoms with Gasteiger partial charge in [-0.25, -0.2) is 4.39 Å². The molecule has 0 amide bonds. The number of carbonyl (C=O) groups excluding carboxylic acids is 1. The van der Waals surface area contributed by atoms with Gasteiger partial charge in [-0.1, -0.05) is 27.5 Å². The van der Waals surface area contributed by atoms with Crippen molar-refractivity contribution >= 4 is 33.3 Å². The maximum Gasteiger partial charge on any atom is 0.187 e. The molecule has 1 aromatic carbocycles. The van der Waals surface area contributed by atoms with Gasteiger partial charge in [-0.3, -0.25) is 9.78 Å². The maximum atomic E-state index is 13.1. The third-order valence-electron chi connectivity index (χ3n) is 2.38. The van der Waals surface area contributed by atoms with E-state index in [9.17, 15) is 9.18 Å². The lowest BCUT2D eigenvalue weighted by Crippen LogP contribution is -2.07. The molecule has 2 rings (SSSR count). The van der Waals surface area contributed by atoms with Gasteiger partial charge in [0.25, 0.3) is 0 Å². The van der Waals surface area contributed by atoms with E-state index >= 15 is 0 Å². The Morgan fingerprint density at radius 2 is 2.17 bits per heavy atom. The summed E-state index contributed by atoms with van der Waals surface area (Å²) in [7, 11) is 0. The van der Waals surface area contributed by atoms with Crippen molar-refractivity contribution in [1.82, 2.24) is 4.98 Å². The first-order chi connectivity index (χ1) is 8.58. The molecule has 18 heavy (non-hydrogen) atoms. The minimum absolute atomic E-state index is 0.0507. The van der Waals surface area contributed by atoms with E-state index in [-0.39, 0.29) is 23.7 Å². The van der Waals surface area contributed by atoms with E-state index in [1.165, 1.54) is 18.3 Å². The molecule has 0 aliphatic heterocycles. The number of hydrogen-bond acceptors (Lipinski definition) is 2. The molecule has 0 saturated carbocycles. The summed E-state index contributed by atoms with van der Waals surface area (Å²) in [4.78, 5) is 15.9. The fourth-order valence-electron chi connectivity index (χ4n) is 1.53. The fraction of sp³-hybridized carbons (Fsp3) is 0.0769. The molecule has 92 valence electrons. The minimum atomic E-state index is -0.381. The molecule has 0 atom stereocenters. The standard InChI is InChI=1S/C13H8BrClFNO/c14-10-4-3-9(16)6-8(10)7-12(18)13-11(15)2-1-5-17-13/h1-6H,7H2. The number of ketones is 1. The average Bonchev–Trinajstić information content (AvgIpc) is 2.34. The second-order valence-corrected chi connectivity index (χ2v) is 4.93. The van der Waals surface area contributed by atoms with Crippen LogP contribution in [-0.4, -0.2) is 10.8 Å². The Labute approximate surface area is 117 Å². The zero-order valence-corrected chi connectivity index (χ0v) is 11.5. The maximum absolute atomic E-state index is 13.1. The van der Waals surface area contributed by atoms with Gasteiger partial charge < -0.3 is 0 Å². The first kappa shape index (κ1) is 13.2. The Morgan fingerprint density at radius 3 is 2.89 bits per heavy atom. The summed E-state index contributed by atoms with van der Waals surface area (Å²) in [5.41, 5.74) is 0.775. The molecule has 0 saturated heterocycles. The number of rotatable bonds is 3. The van der Waals surface area contributed by atoms with Crippen LogP contribution >= 0.6 is 27.5 Å². The predicted octanol–water partition coefficient (Wildman–Crippen LogP) is 4.06. The number of benzene rings is 1. The molecule has 0 spiro atoms. The van der Waals surface area contributed by atoms with E-state index in [0.717, 1.165) is 0 Å². The van der Waals surface area contributed by atoms with Crippen LogP contribution in [0.1, 0.15) is 16.1 Å². The summed E-state index contributed by atoms with van der Waals surface area (Å²) in [6.45, 7) is 0. The van der Waals surface area contributed by atoms with Crippen molar-refractivity contribution in [2.45, 2.75) is 6.42 Å². The molecule has 0 radical (unpaired) electrons. The molecule has 1 aromatic heterocycles. The zero-order valence-electron chi connectivity index (χ0n) is 9.16. The largest absolute Gasteiger partial charge is 0.292 e. The van der Waals surface area contributed by atoms with Crippen molar-refractivity contribution in [3.63, 3.8) is 0 Å². The molecule has 0 aliphatic carbocycles. The Balaban J connectivity index is 2.27. The van der Waals surface area contributed by atoms with Crippen LogP contribution in [-0.2, 0) is 6.42 Å². The van der Waals surface area contributed by atoms with E-state index in [4.69, 9.17) is 11.6 Å². The fourth-order valence-corrected chi connectivity index (χ4v) is 2.14. The summed E-state index contributed by atoms with van der Waals surface area (Å²) in [6, 6.07) is 7.46. The zero-order chi connectivity index (χ0) is 13.1. The van der Waals surface area contributed by atoms with Crippen molar-refractivity contribution < 1.29 is 9.18 Å². The van der Waals surface area contributed by atoms with Crippen LogP contribution in [0.5, 0.6) is 0 Å². The number of carbonyl (C=O) groups is 1. The predicted molar refractivity (Wildman–Crippen MR) is 71.4 cm³/mol. The van der Waals surface area contributed by atoms with Crippen LogP contribution in [0, 0.1) is 5.82 Å². The number of nitrogens with zero attached hydrogens (tertiary/aromatic N) is 1.